The molecule has 0 aromatic carbocycles. The fraction of sp³-hybridized carbons (Fsp3) is 0.538. The second kappa shape index (κ2) is 5.50. The van der Waals surface area contributed by atoms with E-state index >= 15 is 0 Å². The Bertz CT molecular complexity index is 391. The van der Waals surface area contributed by atoms with Crippen LogP contribution in [0, 0.1) is 12.8 Å². The summed E-state index contributed by atoms with van der Waals surface area (Å²) in [5.74, 6) is 1.34. The number of hydrogen-bond donors (Lipinski definition) is 0. The zero-order valence-electron chi connectivity index (χ0n) is 10.0. The van der Waals surface area contributed by atoms with Gasteiger partial charge >= 0.3 is 0 Å². The first-order valence-corrected chi connectivity index (χ1v) is 6.52. The van der Waals surface area contributed by atoms with Crippen LogP contribution >= 0.6 is 11.6 Å². The number of pyridine rings is 1. The molecule has 2 rings (SSSR count). The third-order valence-electron chi connectivity index (χ3n) is 3.25. The predicted octanol–water partition coefficient (Wildman–Crippen LogP) is 2.48. The van der Waals surface area contributed by atoms with E-state index in [0.717, 1.165) is 31.6 Å². The van der Waals surface area contributed by atoms with E-state index in [4.69, 9.17) is 11.6 Å². The molecule has 1 aromatic rings. The molecule has 92 valence electrons. The van der Waals surface area contributed by atoms with Gasteiger partial charge in [-0.25, -0.2) is 0 Å². The smallest absolute Gasteiger partial charge is 0.255 e. The Morgan fingerprint density at radius 3 is 3.06 bits per heavy atom. The van der Waals surface area contributed by atoms with Gasteiger partial charge in [-0.05, 0) is 37.8 Å². The van der Waals surface area contributed by atoms with Crippen LogP contribution in [0.2, 0.25) is 0 Å². The van der Waals surface area contributed by atoms with Crippen molar-refractivity contribution in [2.24, 2.45) is 5.92 Å². The summed E-state index contributed by atoms with van der Waals surface area (Å²) >= 11 is 5.73. The normalized spacial score (nSPS) is 19.6. The first-order chi connectivity index (χ1) is 8.20. The summed E-state index contributed by atoms with van der Waals surface area (Å²) in [5.41, 5.74) is 1.62. The van der Waals surface area contributed by atoms with Crippen LogP contribution in [0.4, 0.5) is 0 Å². The van der Waals surface area contributed by atoms with Crippen molar-refractivity contribution in [2.45, 2.75) is 19.8 Å². The molecule has 1 unspecified atom stereocenters. The van der Waals surface area contributed by atoms with Crippen molar-refractivity contribution in [3.05, 3.63) is 29.6 Å². The van der Waals surface area contributed by atoms with Gasteiger partial charge < -0.3 is 4.90 Å². The summed E-state index contributed by atoms with van der Waals surface area (Å²) in [5, 5.41) is 0. The summed E-state index contributed by atoms with van der Waals surface area (Å²) in [6.45, 7) is 3.59. The van der Waals surface area contributed by atoms with Crippen molar-refractivity contribution in [2.75, 3.05) is 19.0 Å². The molecule has 1 atom stereocenters. The topological polar surface area (TPSA) is 33.2 Å². The summed E-state index contributed by atoms with van der Waals surface area (Å²) in [6.07, 6.45) is 3.72. The third-order valence-corrected chi connectivity index (χ3v) is 3.47. The molecule has 0 spiro atoms. The molecule has 0 saturated carbocycles. The van der Waals surface area contributed by atoms with Gasteiger partial charge in [-0.3, -0.25) is 9.78 Å². The highest BCUT2D eigenvalue weighted by molar-refractivity contribution is 6.17. The number of amides is 1. The van der Waals surface area contributed by atoms with E-state index in [2.05, 4.69) is 4.98 Å². The number of hydrogen-bond acceptors (Lipinski definition) is 2. The van der Waals surface area contributed by atoms with Crippen LogP contribution in [0.1, 0.15) is 28.9 Å². The third kappa shape index (κ3) is 2.97. The maximum atomic E-state index is 12.2. The molecular formula is C13H17ClN2O. The van der Waals surface area contributed by atoms with Gasteiger partial charge in [0.15, 0.2) is 0 Å². The van der Waals surface area contributed by atoms with Crippen LogP contribution in [0.3, 0.4) is 0 Å². The number of nitrogens with zero attached hydrogens (tertiary/aromatic N) is 2. The molecule has 1 amide bonds. The Hall–Kier alpha value is -1.09. The van der Waals surface area contributed by atoms with Crippen molar-refractivity contribution in [1.29, 1.82) is 0 Å². The van der Waals surface area contributed by atoms with Crippen LogP contribution in [-0.4, -0.2) is 34.8 Å². The summed E-state index contributed by atoms with van der Waals surface area (Å²) in [4.78, 5) is 18.2. The zero-order valence-corrected chi connectivity index (χ0v) is 10.8. The van der Waals surface area contributed by atoms with E-state index in [1.54, 1.807) is 6.20 Å². The van der Waals surface area contributed by atoms with Crippen molar-refractivity contribution >= 4 is 17.5 Å². The first kappa shape index (κ1) is 12.4. The van der Waals surface area contributed by atoms with Crippen LogP contribution in [-0.2, 0) is 0 Å². The molecule has 0 aliphatic carbocycles. The quantitative estimate of drug-likeness (QED) is 0.775. The highest BCUT2D eigenvalue weighted by atomic mass is 35.5. The van der Waals surface area contributed by atoms with E-state index in [1.165, 1.54) is 0 Å². The lowest BCUT2D eigenvalue weighted by molar-refractivity contribution is 0.0786. The van der Waals surface area contributed by atoms with Gasteiger partial charge in [-0.2, -0.15) is 0 Å². The molecule has 1 aliphatic heterocycles. The number of halogens is 1. The minimum atomic E-state index is 0.0922. The van der Waals surface area contributed by atoms with Gasteiger partial charge in [0, 0.05) is 30.9 Å². The first-order valence-electron chi connectivity index (χ1n) is 5.98. The van der Waals surface area contributed by atoms with Gasteiger partial charge in [0.2, 0.25) is 0 Å². The number of carbonyl (C=O) groups excluding carboxylic acids is 1. The number of rotatable bonds is 3. The Kier molecular flexibility index (Phi) is 4.00. The Morgan fingerprint density at radius 1 is 1.59 bits per heavy atom. The minimum absolute atomic E-state index is 0.0922. The van der Waals surface area contributed by atoms with Gasteiger partial charge in [-0.15, -0.1) is 11.6 Å². The van der Waals surface area contributed by atoms with E-state index < -0.39 is 0 Å². The zero-order chi connectivity index (χ0) is 12.3. The van der Waals surface area contributed by atoms with Crippen molar-refractivity contribution in [1.82, 2.24) is 9.88 Å². The largest absolute Gasteiger partial charge is 0.338 e. The monoisotopic (exact) mass is 252 g/mol. The molecule has 1 fully saturated rings. The van der Waals surface area contributed by atoms with Gasteiger partial charge in [-0.1, -0.05) is 0 Å². The average molecular weight is 253 g/mol. The van der Waals surface area contributed by atoms with Gasteiger partial charge in [0.05, 0.1) is 5.56 Å². The highest BCUT2D eigenvalue weighted by Crippen LogP contribution is 2.21. The lowest BCUT2D eigenvalue weighted by Gasteiger charge is -2.16. The molecule has 17 heavy (non-hydrogen) atoms. The molecule has 3 nitrogen and oxygen atoms in total. The number of carbonyl (C=O) groups is 1. The van der Waals surface area contributed by atoms with Crippen molar-refractivity contribution < 1.29 is 4.79 Å². The van der Waals surface area contributed by atoms with E-state index in [0.29, 0.717) is 17.4 Å². The summed E-state index contributed by atoms with van der Waals surface area (Å²) in [6, 6.07) is 3.72. The number of likely N-dealkylation sites (tertiary alicyclic amines) is 1. The molecule has 0 bridgehead atoms. The maximum absolute atomic E-state index is 12.2. The molecule has 4 heteroatoms. The van der Waals surface area contributed by atoms with E-state index in [1.807, 2.05) is 24.0 Å². The lowest BCUT2D eigenvalue weighted by Crippen LogP contribution is -2.28. The second-order valence-corrected chi connectivity index (χ2v) is 4.95. The van der Waals surface area contributed by atoms with Crippen molar-refractivity contribution in [3.63, 3.8) is 0 Å². The number of aryl methyl sites for hydroxylation is 1. The molecule has 2 heterocycles. The van der Waals surface area contributed by atoms with Crippen molar-refractivity contribution in [3.8, 4) is 0 Å². The average Bonchev–Trinajstić information content (AvgIpc) is 2.78. The lowest BCUT2D eigenvalue weighted by atomic mass is 10.1. The second-order valence-electron chi connectivity index (χ2n) is 4.57. The van der Waals surface area contributed by atoms with Gasteiger partial charge in [0.25, 0.3) is 5.91 Å². The Labute approximate surface area is 107 Å². The predicted molar refractivity (Wildman–Crippen MR) is 68.3 cm³/mol. The van der Waals surface area contributed by atoms with E-state index in [9.17, 15) is 4.79 Å². The molecule has 0 N–H and O–H groups in total. The molecular weight excluding hydrogens is 236 g/mol. The summed E-state index contributed by atoms with van der Waals surface area (Å²) in [7, 11) is 0. The SMILES string of the molecule is Cc1ccc(C(=O)N2CCC(CCCl)C2)cn1. The Balaban J connectivity index is 1.99. The van der Waals surface area contributed by atoms with Crippen LogP contribution in [0.25, 0.3) is 0 Å². The summed E-state index contributed by atoms with van der Waals surface area (Å²) < 4.78 is 0. The number of aromatic nitrogens is 1. The fourth-order valence-electron chi connectivity index (χ4n) is 2.18. The number of alkyl halides is 1. The molecule has 0 radical (unpaired) electrons. The maximum Gasteiger partial charge on any atom is 0.255 e. The van der Waals surface area contributed by atoms with Crippen LogP contribution in [0.5, 0.6) is 0 Å². The van der Waals surface area contributed by atoms with Crippen LogP contribution in [0.15, 0.2) is 18.3 Å². The Morgan fingerprint density at radius 2 is 2.41 bits per heavy atom. The van der Waals surface area contributed by atoms with E-state index in [-0.39, 0.29) is 5.91 Å². The van der Waals surface area contributed by atoms with Gasteiger partial charge in [0.1, 0.15) is 0 Å². The molecule has 1 saturated heterocycles. The van der Waals surface area contributed by atoms with Crippen LogP contribution < -0.4 is 0 Å². The molecule has 1 aliphatic rings. The minimum Gasteiger partial charge on any atom is -0.338 e. The standard InChI is InChI=1S/C13H17ClN2O/c1-10-2-3-12(8-15-10)13(17)16-7-5-11(9-16)4-6-14/h2-3,8,11H,4-7,9H2,1H3. The highest BCUT2D eigenvalue weighted by Gasteiger charge is 2.26. The molecule has 1 aromatic heterocycles. The fourth-order valence-corrected chi connectivity index (χ4v) is 2.49.